The molecule has 0 saturated heterocycles. The minimum absolute atomic E-state index is 0.0224. The van der Waals surface area contributed by atoms with E-state index >= 15 is 0 Å². The van der Waals surface area contributed by atoms with Crippen LogP contribution in [0.4, 0.5) is 5.69 Å². The second-order valence-corrected chi connectivity index (χ2v) is 11.8. The summed E-state index contributed by atoms with van der Waals surface area (Å²) in [5, 5.41) is 3.67. The Morgan fingerprint density at radius 3 is 2.23 bits per heavy atom. The third kappa shape index (κ3) is 7.53. The Kier molecular flexibility index (Phi) is 10.8. The van der Waals surface area contributed by atoms with Gasteiger partial charge in [-0.1, -0.05) is 79.0 Å². The molecule has 0 saturated carbocycles. The van der Waals surface area contributed by atoms with Crippen molar-refractivity contribution in [3.05, 3.63) is 94.0 Å². The van der Waals surface area contributed by atoms with Crippen LogP contribution in [-0.2, 0) is 26.2 Å². The smallest absolute Gasteiger partial charge is 0.264 e. The van der Waals surface area contributed by atoms with Crippen LogP contribution in [0.15, 0.2) is 77.7 Å². The van der Waals surface area contributed by atoms with E-state index in [1.54, 1.807) is 74.5 Å². The summed E-state index contributed by atoms with van der Waals surface area (Å²) in [5.41, 5.74) is 1.42. The van der Waals surface area contributed by atoms with Crippen molar-refractivity contribution >= 4 is 50.7 Å². The van der Waals surface area contributed by atoms with Crippen LogP contribution in [0.5, 0.6) is 0 Å². The van der Waals surface area contributed by atoms with Gasteiger partial charge in [0.25, 0.3) is 10.0 Å². The fourth-order valence-electron chi connectivity index (χ4n) is 4.03. The van der Waals surface area contributed by atoms with Gasteiger partial charge in [-0.15, -0.1) is 0 Å². The van der Waals surface area contributed by atoms with Gasteiger partial charge >= 0.3 is 0 Å². The molecule has 0 radical (unpaired) electrons. The minimum atomic E-state index is -4.17. The highest BCUT2D eigenvalue weighted by Crippen LogP contribution is 2.31. The van der Waals surface area contributed by atoms with Crippen molar-refractivity contribution in [2.75, 3.05) is 17.4 Å². The van der Waals surface area contributed by atoms with Crippen molar-refractivity contribution < 1.29 is 18.0 Å². The average Bonchev–Trinajstić information content (AvgIpc) is 2.93. The summed E-state index contributed by atoms with van der Waals surface area (Å²) >= 11 is 12.7. The van der Waals surface area contributed by atoms with Crippen LogP contribution in [0, 0.1) is 6.92 Å². The number of hydrogen-bond acceptors (Lipinski definition) is 4. The van der Waals surface area contributed by atoms with Crippen LogP contribution in [0.25, 0.3) is 0 Å². The molecular formula is C29H33Cl2N3O4S. The van der Waals surface area contributed by atoms with E-state index in [0.717, 1.165) is 17.1 Å². The van der Waals surface area contributed by atoms with Gasteiger partial charge in [-0.05, 0) is 61.7 Å². The molecule has 3 aromatic carbocycles. The molecule has 0 bridgehead atoms. The first-order chi connectivity index (χ1) is 18.6. The van der Waals surface area contributed by atoms with Crippen LogP contribution in [0.3, 0.4) is 0 Å². The van der Waals surface area contributed by atoms with E-state index in [2.05, 4.69) is 5.32 Å². The monoisotopic (exact) mass is 589 g/mol. The molecule has 10 heteroatoms. The van der Waals surface area contributed by atoms with Crippen LogP contribution in [0.2, 0.25) is 10.0 Å². The van der Waals surface area contributed by atoms with Crippen molar-refractivity contribution in [2.45, 2.75) is 51.1 Å². The lowest BCUT2D eigenvalue weighted by Crippen LogP contribution is -2.51. The summed E-state index contributed by atoms with van der Waals surface area (Å²) in [6.07, 6.45) is 1.70. The number of unbranched alkanes of at least 4 members (excludes halogenated alkanes) is 1. The van der Waals surface area contributed by atoms with E-state index in [1.165, 1.54) is 17.0 Å². The number of carbonyl (C=O) groups excluding carboxylic acids is 2. The second-order valence-electron chi connectivity index (χ2n) is 9.14. The Bertz CT molecular complexity index is 1400. The van der Waals surface area contributed by atoms with E-state index < -0.39 is 28.5 Å². The standard InChI is InChI=1S/C29H33Cl2N3O4S/c1-4-5-18-32-29(36)22(3)33(19-23-12-9-10-15-26(23)31)28(35)20-34(27-17-11-16-25(30)21(27)2)39(37,38)24-13-7-6-8-14-24/h6-17,22H,4-5,18-20H2,1-3H3,(H,32,36). The van der Waals surface area contributed by atoms with Gasteiger partial charge in [-0.25, -0.2) is 8.42 Å². The van der Waals surface area contributed by atoms with Crippen LogP contribution < -0.4 is 9.62 Å². The molecule has 0 fully saturated rings. The van der Waals surface area contributed by atoms with Gasteiger partial charge in [0.15, 0.2) is 0 Å². The van der Waals surface area contributed by atoms with Crippen molar-refractivity contribution in [1.82, 2.24) is 10.2 Å². The summed E-state index contributed by atoms with van der Waals surface area (Å²) in [7, 11) is -4.17. The van der Waals surface area contributed by atoms with Crippen LogP contribution in [-0.4, -0.2) is 44.3 Å². The summed E-state index contributed by atoms with van der Waals surface area (Å²) in [6, 6.07) is 18.9. The number of nitrogens with zero attached hydrogens (tertiary/aromatic N) is 2. The van der Waals surface area contributed by atoms with Gasteiger partial charge < -0.3 is 10.2 Å². The summed E-state index contributed by atoms with van der Waals surface area (Å²) in [5.74, 6) is -0.896. The quantitative estimate of drug-likeness (QED) is 0.269. The van der Waals surface area contributed by atoms with E-state index in [1.807, 2.05) is 6.92 Å². The predicted octanol–water partition coefficient (Wildman–Crippen LogP) is 5.83. The highest BCUT2D eigenvalue weighted by Gasteiger charge is 2.33. The van der Waals surface area contributed by atoms with E-state index in [4.69, 9.17) is 23.2 Å². The molecule has 3 rings (SSSR count). The van der Waals surface area contributed by atoms with Gasteiger partial charge in [-0.3, -0.25) is 13.9 Å². The fourth-order valence-corrected chi connectivity index (χ4v) is 5.89. The first-order valence-electron chi connectivity index (χ1n) is 12.7. The van der Waals surface area contributed by atoms with Crippen molar-refractivity contribution in [3.63, 3.8) is 0 Å². The fraction of sp³-hybridized carbons (Fsp3) is 0.310. The molecule has 0 spiro atoms. The Balaban J connectivity index is 2.04. The molecule has 1 atom stereocenters. The maximum absolute atomic E-state index is 14.0. The van der Waals surface area contributed by atoms with Gasteiger partial charge in [0.05, 0.1) is 10.6 Å². The zero-order chi connectivity index (χ0) is 28.6. The zero-order valence-corrected chi connectivity index (χ0v) is 24.6. The molecular weight excluding hydrogens is 557 g/mol. The zero-order valence-electron chi connectivity index (χ0n) is 22.2. The highest BCUT2D eigenvalue weighted by atomic mass is 35.5. The average molecular weight is 591 g/mol. The van der Waals surface area contributed by atoms with E-state index in [-0.39, 0.29) is 23.0 Å². The lowest BCUT2D eigenvalue weighted by Gasteiger charge is -2.32. The number of benzene rings is 3. The second kappa shape index (κ2) is 13.8. The highest BCUT2D eigenvalue weighted by molar-refractivity contribution is 7.92. The molecule has 1 unspecified atom stereocenters. The van der Waals surface area contributed by atoms with Gasteiger partial charge in [0, 0.05) is 23.1 Å². The van der Waals surface area contributed by atoms with Gasteiger partial charge in [-0.2, -0.15) is 0 Å². The van der Waals surface area contributed by atoms with E-state index in [9.17, 15) is 18.0 Å². The van der Waals surface area contributed by atoms with Gasteiger partial charge in [0.1, 0.15) is 12.6 Å². The molecule has 2 amide bonds. The SMILES string of the molecule is CCCCNC(=O)C(C)N(Cc1ccccc1Cl)C(=O)CN(c1cccc(Cl)c1C)S(=O)(=O)c1ccccc1. The number of sulfonamides is 1. The number of halogens is 2. The number of anilines is 1. The van der Waals surface area contributed by atoms with Crippen molar-refractivity contribution in [1.29, 1.82) is 0 Å². The van der Waals surface area contributed by atoms with Crippen molar-refractivity contribution in [2.24, 2.45) is 0 Å². The van der Waals surface area contributed by atoms with Gasteiger partial charge in [0.2, 0.25) is 11.8 Å². The molecule has 3 aromatic rings. The summed E-state index contributed by atoms with van der Waals surface area (Å²) < 4.78 is 28.8. The molecule has 0 aliphatic rings. The van der Waals surface area contributed by atoms with Crippen LogP contribution >= 0.6 is 23.2 Å². The van der Waals surface area contributed by atoms with Crippen molar-refractivity contribution in [3.8, 4) is 0 Å². The number of hydrogen-bond donors (Lipinski definition) is 1. The first kappa shape index (κ1) is 30.5. The molecule has 7 nitrogen and oxygen atoms in total. The number of amides is 2. The van der Waals surface area contributed by atoms with E-state index in [0.29, 0.717) is 27.7 Å². The number of rotatable bonds is 12. The molecule has 1 N–H and O–H groups in total. The molecule has 39 heavy (non-hydrogen) atoms. The predicted molar refractivity (Wildman–Crippen MR) is 157 cm³/mol. The third-order valence-electron chi connectivity index (χ3n) is 6.41. The minimum Gasteiger partial charge on any atom is -0.354 e. The maximum atomic E-state index is 14.0. The molecule has 0 aliphatic carbocycles. The van der Waals surface area contributed by atoms with Crippen LogP contribution in [0.1, 0.15) is 37.8 Å². The largest absolute Gasteiger partial charge is 0.354 e. The molecule has 0 aliphatic heterocycles. The lowest BCUT2D eigenvalue weighted by molar-refractivity contribution is -0.139. The number of carbonyl (C=O) groups is 2. The summed E-state index contributed by atoms with van der Waals surface area (Å²) in [4.78, 5) is 28.4. The normalized spacial score (nSPS) is 12.0. The molecule has 208 valence electrons. The molecule has 0 aromatic heterocycles. The lowest BCUT2D eigenvalue weighted by atomic mass is 10.1. The third-order valence-corrected chi connectivity index (χ3v) is 8.97. The topological polar surface area (TPSA) is 86.8 Å². The first-order valence-corrected chi connectivity index (χ1v) is 14.9. The number of nitrogens with one attached hydrogen (secondary N) is 1. The summed E-state index contributed by atoms with van der Waals surface area (Å²) in [6.45, 7) is 5.29. The maximum Gasteiger partial charge on any atom is 0.264 e. The Hall–Kier alpha value is -3.07. The Morgan fingerprint density at radius 1 is 0.923 bits per heavy atom. The molecule has 0 heterocycles. The Morgan fingerprint density at radius 2 is 1.56 bits per heavy atom. The Labute approximate surface area is 240 Å².